The minimum Gasteiger partial charge on any atom is -0.396 e. The molecule has 1 nitrogen and oxygen atoms in total. The molecule has 0 radical (unpaired) electrons. The molecule has 0 saturated carbocycles. The molecule has 0 aromatic carbocycles. The lowest BCUT2D eigenvalue weighted by Gasteiger charge is -1.93. The van der Waals surface area contributed by atoms with E-state index in [0.717, 1.165) is 5.75 Å². The SMILES string of the molecule is CCCCSCCO.[H+]. The molecule has 0 aromatic rings. The molecule has 8 heavy (non-hydrogen) atoms. The number of aliphatic hydroxyl groups is 1. The van der Waals surface area contributed by atoms with Gasteiger partial charge in [-0.2, -0.15) is 11.8 Å². The van der Waals surface area contributed by atoms with Gasteiger partial charge in [-0.05, 0) is 12.2 Å². The van der Waals surface area contributed by atoms with Crippen molar-refractivity contribution in [3.05, 3.63) is 0 Å². The summed E-state index contributed by atoms with van der Waals surface area (Å²) in [6.07, 6.45) is 2.54. The number of rotatable bonds is 5. The van der Waals surface area contributed by atoms with Crippen molar-refractivity contribution in [3.8, 4) is 0 Å². The molecule has 0 spiro atoms. The molecule has 0 aliphatic carbocycles. The highest BCUT2D eigenvalue weighted by Gasteiger charge is 1.83. The van der Waals surface area contributed by atoms with Crippen LogP contribution in [0.5, 0.6) is 0 Å². The van der Waals surface area contributed by atoms with Crippen molar-refractivity contribution < 1.29 is 6.53 Å². The van der Waals surface area contributed by atoms with Gasteiger partial charge in [0, 0.05) is 5.75 Å². The van der Waals surface area contributed by atoms with Gasteiger partial charge in [0.15, 0.2) is 0 Å². The predicted octanol–water partition coefficient (Wildman–Crippen LogP) is 1.62. The number of aliphatic hydroxyl groups excluding tert-OH is 1. The van der Waals surface area contributed by atoms with E-state index in [4.69, 9.17) is 5.11 Å². The molecule has 0 rings (SSSR count). The van der Waals surface area contributed by atoms with Crippen LogP contribution in [-0.4, -0.2) is 23.2 Å². The highest BCUT2D eigenvalue weighted by atomic mass is 32.2. The molecule has 0 saturated heterocycles. The van der Waals surface area contributed by atoms with Crippen molar-refractivity contribution in [1.29, 1.82) is 0 Å². The summed E-state index contributed by atoms with van der Waals surface area (Å²) in [4.78, 5) is 0. The van der Waals surface area contributed by atoms with Crippen molar-refractivity contribution in [2.24, 2.45) is 0 Å². The molecule has 0 aliphatic rings. The van der Waals surface area contributed by atoms with Crippen LogP contribution in [0, 0.1) is 0 Å². The van der Waals surface area contributed by atoms with E-state index >= 15 is 0 Å². The van der Waals surface area contributed by atoms with Crippen LogP contribution in [0.15, 0.2) is 0 Å². The molecule has 0 bridgehead atoms. The fourth-order valence-electron chi connectivity index (χ4n) is 0.413. The van der Waals surface area contributed by atoms with Crippen LogP contribution in [0.2, 0.25) is 0 Å². The summed E-state index contributed by atoms with van der Waals surface area (Å²) in [5.41, 5.74) is 0. The molecule has 0 aliphatic heterocycles. The van der Waals surface area contributed by atoms with Crippen LogP contribution in [0.25, 0.3) is 0 Å². The molecule has 0 atom stereocenters. The van der Waals surface area contributed by atoms with Gasteiger partial charge in [0.25, 0.3) is 0 Å². The number of thioether (sulfide) groups is 1. The number of hydrogen-bond donors (Lipinski definition) is 1. The van der Waals surface area contributed by atoms with E-state index in [1.54, 1.807) is 0 Å². The summed E-state index contributed by atoms with van der Waals surface area (Å²) in [5.74, 6) is 2.11. The standard InChI is InChI=1S/C6H14OS/c1-2-3-5-8-6-4-7/h7H,2-6H2,1H3/p+1. The molecular weight excluding hydrogens is 120 g/mol. The summed E-state index contributed by atoms with van der Waals surface area (Å²) in [6.45, 7) is 2.51. The molecule has 0 aromatic heterocycles. The van der Waals surface area contributed by atoms with Crippen molar-refractivity contribution >= 4 is 11.8 Å². The summed E-state index contributed by atoms with van der Waals surface area (Å²) >= 11 is 1.83. The van der Waals surface area contributed by atoms with E-state index in [-0.39, 0.29) is 1.43 Å². The van der Waals surface area contributed by atoms with Crippen LogP contribution in [0.1, 0.15) is 21.2 Å². The monoisotopic (exact) mass is 135 g/mol. The van der Waals surface area contributed by atoms with Crippen molar-refractivity contribution in [3.63, 3.8) is 0 Å². The maximum atomic E-state index is 8.34. The van der Waals surface area contributed by atoms with Gasteiger partial charge in [-0.15, -0.1) is 0 Å². The second kappa shape index (κ2) is 7.31. The fraction of sp³-hybridized carbons (Fsp3) is 1.00. The van der Waals surface area contributed by atoms with E-state index in [0.29, 0.717) is 6.61 Å². The predicted molar refractivity (Wildman–Crippen MR) is 40.4 cm³/mol. The molecule has 0 heterocycles. The van der Waals surface area contributed by atoms with Gasteiger partial charge >= 0.3 is 1.43 Å². The summed E-state index contributed by atoms with van der Waals surface area (Å²) in [5, 5.41) is 8.34. The first-order valence-electron chi connectivity index (χ1n) is 3.10. The third-order valence-corrected chi connectivity index (χ3v) is 1.93. The van der Waals surface area contributed by atoms with Crippen LogP contribution in [0.4, 0.5) is 0 Å². The highest BCUT2D eigenvalue weighted by molar-refractivity contribution is 7.99. The molecule has 2 heteroatoms. The maximum absolute atomic E-state index is 8.34. The van der Waals surface area contributed by atoms with Crippen LogP contribution >= 0.6 is 11.8 Å². The van der Waals surface area contributed by atoms with E-state index in [9.17, 15) is 0 Å². The minimum absolute atomic E-state index is 0. The quantitative estimate of drug-likeness (QED) is 0.578. The highest BCUT2D eigenvalue weighted by Crippen LogP contribution is 2.01. The maximum Gasteiger partial charge on any atom is 1.00 e. The zero-order valence-corrected chi connectivity index (χ0v) is 6.21. The third kappa shape index (κ3) is 6.31. The Kier molecular flexibility index (Phi) is 7.59. The first kappa shape index (κ1) is 8.31. The Morgan fingerprint density at radius 2 is 2.25 bits per heavy atom. The lowest BCUT2D eigenvalue weighted by molar-refractivity contribution is 0.322. The molecule has 0 amide bonds. The zero-order valence-electron chi connectivity index (χ0n) is 6.39. The molecule has 1 N–H and O–H groups in total. The lowest BCUT2D eigenvalue weighted by Crippen LogP contribution is -1.87. The number of hydrogen-bond acceptors (Lipinski definition) is 2. The van der Waals surface area contributed by atoms with Crippen LogP contribution < -0.4 is 0 Å². The number of unbranched alkanes of at least 4 members (excludes halogenated alkanes) is 1. The van der Waals surface area contributed by atoms with E-state index in [2.05, 4.69) is 6.92 Å². The molecule has 50 valence electrons. The van der Waals surface area contributed by atoms with Gasteiger partial charge in [0.05, 0.1) is 6.61 Å². The second-order valence-electron chi connectivity index (χ2n) is 1.69. The molecule has 0 unspecified atom stereocenters. The average molecular weight is 135 g/mol. The Morgan fingerprint density at radius 1 is 1.50 bits per heavy atom. The Balaban J connectivity index is 0. The fourth-order valence-corrected chi connectivity index (χ4v) is 1.24. The van der Waals surface area contributed by atoms with Gasteiger partial charge in [0.1, 0.15) is 0 Å². The first-order valence-corrected chi connectivity index (χ1v) is 4.26. The van der Waals surface area contributed by atoms with Gasteiger partial charge < -0.3 is 5.11 Å². The zero-order chi connectivity index (χ0) is 6.24. The van der Waals surface area contributed by atoms with Crippen molar-refractivity contribution in [2.45, 2.75) is 19.8 Å². The largest absolute Gasteiger partial charge is 1.00 e. The first-order chi connectivity index (χ1) is 3.91. The Morgan fingerprint density at radius 3 is 2.75 bits per heavy atom. The minimum atomic E-state index is 0. The summed E-state index contributed by atoms with van der Waals surface area (Å²) in [6, 6.07) is 0. The summed E-state index contributed by atoms with van der Waals surface area (Å²) < 4.78 is 0. The Bertz CT molecular complexity index is 38.0. The van der Waals surface area contributed by atoms with Gasteiger partial charge in [0.2, 0.25) is 0 Å². The van der Waals surface area contributed by atoms with E-state index < -0.39 is 0 Å². The molecular formula is C6H15OS+. The van der Waals surface area contributed by atoms with Gasteiger partial charge in [-0.1, -0.05) is 13.3 Å². The normalized spacial score (nSPS) is 9.75. The average Bonchev–Trinajstić information content (AvgIpc) is 1.81. The van der Waals surface area contributed by atoms with Crippen LogP contribution in [-0.2, 0) is 0 Å². The Labute approximate surface area is 57.0 Å². The van der Waals surface area contributed by atoms with E-state index in [1.807, 2.05) is 11.8 Å². The van der Waals surface area contributed by atoms with Gasteiger partial charge in [-0.25, -0.2) is 0 Å². The topological polar surface area (TPSA) is 20.2 Å². The van der Waals surface area contributed by atoms with E-state index in [1.165, 1.54) is 18.6 Å². The van der Waals surface area contributed by atoms with Crippen molar-refractivity contribution in [2.75, 3.05) is 18.1 Å². The third-order valence-electron chi connectivity index (χ3n) is 0.878. The second-order valence-corrected chi connectivity index (χ2v) is 2.91. The smallest absolute Gasteiger partial charge is 0.396 e. The van der Waals surface area contributed by atoms with Crippen molar-refractivity contribution in [1.82, 2.24) is 0 Å². The Hall–Kier alpha value is 0.310. The molecule has 0 fully saturated rings. The lowest BCUT2D eigenvalue weighted by atomic mass is 10.4. The van der Waals surface area contributed by atoms with Crippen LogP contribution in [0.3, 0.4) is 0 Å². The summed E-state index contributed by atoms with van der Waals surface area (Å²) in [7, 11) is 0. The van der Waals surface area contributed by atoms with Gasteiger partial charge in [-0.3, -0.25) is 0 Å².